The Morgan fingerprint density at radius 2 is 1.73 bits per heavy atom. The van der Waals surface area contributed by atoms with Gasteiger partial charge in [-0.05, 0) is 12.1 Å². The molecule has 5 rings (SSSR count). The van der Waals surface area contributed by atoms with Gasteiger partial charge < -0.3 is 14.8 Å². The number of hydrogen-bond donors (Lipinski definition) is 1. The molecule has 0 unspecified atom stereocenters. The summed E-state index contributed by atoms with van der Waals surface area (Å²) in [5.74, 6) is 1.79. The number of benzene rings is 2. The van der Waals surface area contributed by atoms with Crippen molar-refractivity contribution in [2.24, 2.45) is 0 Å². The van der Waals surface area contributed by atoms with Gasteiger partial charge in [0.15, 0.2) is 5.65 Å². The van der Waals surface area contributed by atoms with Crippen molar-refractivity contribution in [2.75, 3.05) is 19.5 Å². The van der Waals surface area contributed by atoms with E-state index in [1.807, 2.05) is 42.5 Å². The van der Waals surface area contributed by atoms with Crippen LogP contribution in [0.3, 0.4) is 0 Å². The molecular weight excluding hydrogens is 380 g/mol. The fraction of sp³-hybridized carbons (Fsp3) is 0.0909. The topological polar surface area (TPSA) is 86.5 Å². The lowest BCUT2D eigenvalue weighted by Crippen LogP contribution is -1.95. The van der Waals surface area contributed by atoms with Crippen LogP contribution >= 0.6 is 0 Å². The summed E-state index contributed by atoms with van der Waals surface area (Å²) in [4.78, 5) is 13.7. The number of rotatable bonds is 5. The SMILES string of the molecule is COc1cc(Nc2nc3c(-c4cccc5ncccc45)nccn3n2)cc(OC)c1. The fourth-order valence-corrected chi connectivity index (χ4v) is 3.38. The minimum absolute atomic E-state index is 0.443. The van der Waals surface area contributed by atoms with E-state index >= 15 is 0 Å². The van der Waals surface area contributed by atoms with Gasteiger partial charge in [-0.2, -0.15) is 4.98 Å². The molecule has 0 fully saturated rings. The number of ether oxygens (including phenoxy) is 2. The van der Waals surface area contributed by atoms with Crippen LogP contribution in [0.25, 0.3) is 27.8 Å². The number of pyridine rings is 1. The molecule has 0 aliphatic carbocycles. The zero-order chi connectivity index (χ0) is 20.5. The molecule has 0 radical (unpaired) electrons. The number of anilines is 2. The first-order valence-electron chi connectivity index (χ1n) is 9.31. The van der Waals surface area contributed by atoms with Crippen molar-refractivity contribution in [1.82, 2.24) is 24.6 Å². The van der Waals surface area contributed by atoms with E-state index in [4.69, 9.17) is 9.47 Å². The zero-order valence-corrected chi connectivity index (χ0v) is 16.4. The van der Waals surface area contributed by atoms with Crippen molar-refractivity contribution in [1.29, 1.82) is 0 Å². The first-order chi connectivity index (χ1) is 14.7. The van der Waals surface area contributed by atoms with E-state index in [1.165, 1.54) is 0 Å². The molecule has 8 nitrogen and oxygen atoms in total. The second-order valence-corrected chi connectivity index (χ2v) is 6.58. The molecule has 3 aromatic heterocycles. The third-order valence-corrected chi connectivity index (χ3v) is 4.76. The molecule has 0 amide bonds. The highest BCUT2D eigenvalue weighted by Gasteiger charge is 2.14. The van der Waals surface area contributed by atoms with Gasteiger partial charge in [0.25, 0.3) is 0 Å². The predicted octanol–water partition coefficient (Wildman–Crippen LogP) is 4.10. The molecule has 5 aromatic rings. The highest BCUT2D eigenvalue weighted by Crippen LogP contribution is 2.30. The average Bonchev–Trinajstić information content (AvgIpc) is 3.20. The molecule has 30 heavy (non-hydrogen) atoms. The van der Waals surface area contributed by atoms with Crippen LogP contribution in [0.15, 0.2) is 67.1 Å². The molecule has 1 N–H and O–H groups in total. The average molecular weight is 398 g/mol. The minimum Gasteiger partial charge on any atom is -0.497 e. The fourth-order valence-electron chi connectivity index (χ4n) is 3.38. The summed E-state index contributed by atoms with van der Waals surface area (Å²) in [6.45, 7) is 0. The highest BCUT2D eigenvalue weighted by molar-refractivity contribution is 5.96. The van der Waals surface area contributed by atoms with Gasteiger partial charge in [-0.1, -0.05) is 18.2 Å². The lowest BCUT2D eigenvalue weighted by Gasteiger charge is -2.08. The summed E-state index contributed by atoms with van der Waals surface area (Å²) in [5, 5.41) is 8.77. The Hall–Kier alpha value is -4.20. The molecule has 8 heteroatoms. The third kappa shape index (κ3) is 3.14. The molecule has 0 atom stereocenters. The van der Waals surface area contributed by atoms with Gasteiger partial charge in [0, 0.05) is 53.4 Å². The quantitative estimate of drug-likeness (QED) is 0.477. The summed E-state index contributed by atoms with van der Waals surface area (Å²) in [7, 11) is 3.22. The van der Waals surface area contributed by atoms with Gasteiger partial charge in [-0.25, -0.2) is 4.52 Å². The predicted molar refractivity (Wildman–Crippen MR) is 114 cm³/mol. The van der Waals surface area contributed by atoms with Crippen LogP contribution in [0.2, 0.25) is 0 Å². The van der Waals surface area contributed by atoms with Crippen molar-refractivity contribution >= 4 is 28.2 Å². The first-order valence-corrected chi connectivity index (χ1v) is 9.31. The molecule has 3 heterocycles. The molecule has 0 bridgehead atoms. The second-order valence-electron chi connectivity index (χ2n) is 6.58. The van der Waals surface area contributed by atoms with E-state index < -0.39 is 0 Å². The van der Waals surface area contributed by atoms with Crippen LogP contribution in [-0.2, 0) is 0 Å². The summed E-state index contributed by atoms with van der Waals surface area (Å²) >= 11 is 0. The van der Waals surface area contributed by atoms with Crippen molar-refractivity contribution in [3.05, 3.63) is 67.1 Å². The normalized spacial score (nSPS) is 11.0. The lowest BCUT2D eigenvalue weighted by atomic mass is 10.1. The Bertz CT molecular complexity index is 1340. The van der Waals surface area contributed by atoms with E-state index in [0.29, 0.717) is 23.1 Å². The summed E-state index contributed by atoms with van der Waals surface area (Å²) in [6, 6.07) is 15.4. The van der Waals surface area contributed by atoms with E-state index in [1.54, 1.807) is 43.4 Å². The maximum absolute atomic E-state index is 5.33. The van der Waals surface area contributed by atoms with Gasteiger partial charge in [0.1, 0.15) is 17.2 Å². The van der Waals surface area contributed by atoms with Gasteiger partial charge in [-0.3, -0.25) is 9.97 Å². The maximum atomic E-state index is 5.33. The van der Waals surface area contributed by atoms with Crippen molar-refractivity contribution in [3.8, 4) is 22.8 Å². The maximum Gasteiger partial charge on any atom is 0.247 e. The van der Waals surface area contributed by atoms with Gasteiger partial charge in [0.05, 0.1) is 19.7 Å². The Labute approximate surface area is 172 Å². The number of nitrogens with zero attached hydrogens (tertiary/aromatic N) is 5. The van der Waals surface area contributed by atoms with E-state index in [9.17, 15) is 0 Å². The monoisotopic (exact) mass is 398 g/mol. The third-order valence-electron chi connectivity index (χ3n) is 4.76. The highest BCUT2D eigenvalue weighted by atomic mass is 16.5. The van der Waals surface area contributed by atoms with Crippen molar-refractivity contribution in [2.45, 2.75) is 0 Å². The minimum atomic E-state index is 0.443. The Morgan fingerprint density at radius 3 is 2.53 bits per heavy atom. The molecule has 0 spiro atoms. The summed E-state index contributed by atoms with van der Waals surface area (Å²) < 4.78 is 12.4. The van der Waals surface area contributed by atoms with Crippen LogP contribution in [0.1, 0.15) is 0 Å². The number of aromatic nitrogens is 5. The standard InChI is InChI=1S/C22H18N6O2/c1-29-15-11-14(12-16(13-15)30-2)25-22-26-21-20(24-9-10-28(21)27-22)18-5-3-7-19-17(18)6-4-8-23-19/h3-13H,1-2H3,(H,25,27). The Balaban J connectivity index is 1.60. The van der Waals surface area contributed by atoms with Crippen molar-refractivity contribution < 1.29 is 9.47 Å². The van der Waals surface area contributed by atoms with Crippen LogP contribution in [0, 0.1) is 0 Å². The molecule has 2 aromatic carbocycles. The lowest BCUT2D eigenvalue weighted by molar-refractivity contribution is 0.395. The van der Waals surface area contributed by atoms with Crippen LogP contribution in [-0.4, -0.2) is 38.8 Å². The molecule has 0 saturated carbocycles. The largest absolute Gasteiger partial charge is 0.497 e. The van der Waals surface area contributed by atoms with E-state index in [-0.39, 0.29) is 0 Å². The molecule has 0 aliphatic rings. The summed E-state index contributed by atoms with van der Waals surface area (Å²) in [5.41, 5.74) is 3.99. The van der Waals surface area contributed by atoms with Gasteiger partial charge in [0.2, 0.25) is 5.95 Å². The number of hydrogen-bond acceptors (Lipinski definition) is 7. The number of fused-ring (bicyclic) bond motifs is 2. The van der Waals surface area contributed by atoms with E-state index in [2.05, 4.69) is 25.4 Å². The molecule has 148 valence electrons. The Kier molecular flexibility index (Phi) is 4.36. The first kappa shape index (κ1) is 17.9. The molecule has 0 aliphatic heterocycles. The van der Waals surface area contributed by atoms with Crippen LogP contribution < -0.4 is 14.8 Å². The smallest absolute Gasteiger partial charge is 0.247 e. The molecular formula is C22H18N6O2. The number of nitrogens with one attached hydrogen (secondary N) is 1. The van der Waals surface area contributed by atoms with Gasteiger partial charge >= 0.3 is 0 Å². The van der Waals surface area contributed by atoms with Crippen LogP contribution in [0.5, 0.6) is 11.5 Å². The number of methoxy groups -OCH3 is 2. The molecule has 0 saturated heterocycles. The van der Waals surface area contributed by atoms with E-state index in [0.717, 1.165) is 27.8 Å². The van der Waals surface area contributed by atoms with Crippen LogP contribution in [0.4, 0.5) is 11.6 Å². The van der Waals surface area contributed by atoms with Gasteiger partial charge in [-0.15, -0.1) is 5.10 Å². The second kappa shape index (κ2) is 7.32. The zero-order valence-electron chi connectivity index (χ0n) is 16.4. The summed E-state index contributed by atoms with van der Waals surface area (Å²) in [6.07, 6.45) is 5.26. The Morgan fingerprint density at radius 1 is 0.900 bits per heavy atom. The van der Waals surface area contributed by atoms with Crippen molar-refractivity contribution in [3.63, 3.8) is 0 Å².